The van der Waals surface area contributed by atoms with E-state index in [0.29, 0.717) is 10.8 Å². The Bertz CT molecular complexity index is 668. The van der Waals surface area contributed by atoms with Gasteiger partial charge in [-0.2, -0.15) is 0 Å². The van der Waals surface area contributed by atoms with Crippen LogP contribution in [-0.4, -0.2) is 11.3 Å². The van der Waals surface area contributed by atoms with Crippen LogP contribution in [0.1, 0.15) is 64.5 Å². The maximum atomic E-state index is 3.32. The fraction of sp³-hybridized carbons (Fsp3) is 0.750. The molecule has 0 amide bonds. The van der Waals surface area contributed by atoms with Crippen LogP contribution in [0.4, 0.5) is 0 Å². The normalized spacial score (nSPS) is 55.0. The second-order valence-corrected chi connectivity index (χ2v) is 12.1. The molecule has 4 saturated carbocycles. The average Bonchev–Trinajstić information content (AvgIpc) is 3.20. The topological polar surface area (TPSA) is 0 Å². The van der Waals surface area contributed by atoms with Crippen LogP contribution in [0.2, 0.25) is 0 Å². The number of benzene rings is 1. The van der Waals surface area contributed by atoms with E-state index in [1.807, 2.05) is 0 Å². The summed E-state index contributed by atoms with van der Waals surface area (Å²) >= 11 is 0. The van der Waals surface area contributed by atoms with Crippen molar-refractivity contribution in [1.82, 2.24) is 0 Å². The van der Waals surface area contributed by atoms with Crippen molar-refractivity contribution in [2.24, 2.45) is 35.5 Å². The van der Waals surface area contributed by atoms with Gasteiger partial charge >= 0.3 is 0 Å². The van der Waals surface area contributed by atoms with Gasteiger partial charge < -0.3 is 0 Å². The van der Waals surface area contributed by atoms with Gasteiger partial charge in [0.25, 0.3) is 0 Å². The monoisotopic (exact) mass is 386 g/mol. The van der Waals surface area contributed by atoms with E-state index >= 15 is 0 Å². The number of hydrogen-bond donors (Lipinski definition) is 0. The lowest BCUT2D eigenvalue weighted by Crippen LogP contribution is -2.42. The van der Waals surface area contributed by atoms with Gasteiger partial charge in [0.2, 0.25) is 0 Å². The number of fused-ring (bicyclic) bond motifs is 4. The minimum Gasteiger partial charge on any atom is -0.133 e. The molecule has 1 aromatic rings. The summed E-state index contributed by atoms with van der Waals surface area (Å²) in [5, 5.41) is 0. The van der Waals surface area contributed by atoms with E-state index in [0.717, 1.165) is 46.8 Å². The lowest BCUT2D eigenvalue weighted by molar-refractivity contribution is 0.231. The lowest BCUT2D eigenvalue weighted by atomic mass is 9.61. The molecular formula is C24H36P2. The van der Waals surface area contributed by atoms with Gasteiger partial charge in [-0.15, -0.1) is 18.5 Å². The first-order valence-corrected chi connectivity index (χ1v) is 12.3. The van der Waals surface area contributed by atoms with Gasteiger partial charge in [0, 0.05) is 10.8 Å². The molecule has 4 unspecified atom stereocenters. The van der Waals surface area contributed by atoms with E-state index in [2.05, 4.69) is 70.4 Å². The van der Waals surface area contributed by atoms with Crippen molar-refractivity contribution in [2.45, 2.75) is 75.5 Å². The zero-order valence-corrected chi connectivity index (χ0v) is 19.2. The van der Waals surface area contributed by atoms with Gasteiger partial charge in [0.15, 0.2) is 0 Å². The van der Waals surface area contributed by atoms with Gasteiger partial charge in [-0.3, -0.25) is 0 Å². The molecule has 5 rings (SSSR count). The Kier molecular flexibility index (Phi) is 4.04. The third-order valence-electron chi connectivity index (χ3n) is 9.83. The Morgan fingerprint density at radius 1 is 0.731 bits per heavy atom. The van der Waals surface area contributed by atoms with Gasteiger partial charge in [-0.05, 0) is 83.6 Å². The van der Waals surface area contributed by atoms with E-state index in [1.54, 1.807) is 11.1 Å². The largest absolute Gasteiger partial charge is 0.133 e. The zero-order valence-electron chi connectivity index (χ0n) is 16.9. The molecule has 4 bridgehead atoms. The minimum absolute atomic E-state index is 0.397. The molecule has 1 aromatic carbocycles. The van der Waals surface area contributed by atoms with Crippen LogP contribution in [0.15, 0.2) is 24.3 Å². The van der Waals surface area contributed by atoms with Crippen molar-refractivity contribution in [3.8, 4) is 0 Å². The maximum Gasteiger partial charge on any atom is 0.00497 e. The second-order valence-electron chi connectivity index (χ2n) is 10.6. The fourth-order valence-electron chi connectivity index (χ4n) is 8.57. The Hall–Kier alpha value is 0.0800. The van der Waals surface area contributed by atoms with E-state index in [-0.39, 0.29) is 0 Å². The van der Waals surface area contributed by atoms with Crippen molar-refractivity contribution < 1.29 is 0 Å². The molecule has 0 aromatic heterocycles. The van der Waals surface area contributed by atoms with Crippen LogP contribution in [0.25, 0.3) is 0 Å². The molecule has 0 heterocycles. The molecular weight excluding hydrogens is 350 g/mol. The predicted octanol–water partition coefficient (Wildman–Crippen LogP) is 6.04. The van der Waals surface area contributed by atoms with Gasteiger partial charge in [-0.25, -0.2) is 0 Å². The van der Waals surface area contributed by atoms with Gasteiger partial charge in [0.1, 0.15) is 0 Å². The summed E-state index contributed by atoms with van der Waals surface area (Å²) in [5.74, 6) is 5.20. The third kappa shape index (κ3) is 1.95. The van der Waals surface area contributed by atoms with Crippen molar-refractivity contribution in [1.29, 1.82) is 0 Å². The molecule has 0 N–H and O–H groups in total. The summed E-state index contributed by atoms with van der Waals surface area (Å²) in [6.07, 6.45) is 5.65. The Balaban J connectivity index is 1.71. The van der Waals surface area contributed by atoms with E-state index in [4.69, 9.17) is 0 Å². The SMILES string of the molecule is C[C@H]1C[C@]2(c3ccccc3[C@]34C[C@H](C)[C@@H](C[C@@H]3C)C4P)C(P)[C@@H]1C[C@@H]2C. The van der Waals surface area contributed by atoms with Crippen LogP contribution < -0.4 is 0 Å². The van der Waals surface area contributed by atoms with Crippen LogP contribution in [0.3, 0.4) is 0 Å². The molecule has 0 nitrogen and oxygen atoms in total. The fourth-order valence-corrected chi connectivity index (χ4v) is 10.9. The Morgan fingerprint density at radius 2 is 1.12 bits per heavy atom. The summed E-state index contributed by atoms with van der Waals surface area (Å²) in [7, 11) is 6.64. The second kappa shape index (κ2) is 5.80. The zero-order chi connectivity index (χ0) is 18.4. The highest BCUT2D eigenvalue weighted by molar-refractivity contribution is 7.18. The molecule has 26 heavy (non-hydrogen) atoms. The summed E-state index contributed by atoms with van der Waals surface area (Å²) < 4.78 is 0. The number of rotatable bonds is 2. The highest BCUT2D eigenvalue weighted by Gasteiger charge is 2.64. The minimum atomic E-state index is 0.397. The van der Waals surface area contributed by atoms with Crippen LogP contribution in [-0.2, 0) is 10.8 Å². The van der Waals surface area contributed by atoms with Crippen LogP contribution in [0, 0.1) is 35.5 Å². The first kappa shape index (κ1) is 18.1. The molecule has 2 heteroatoms. The molecule has 0 spiro atoms. The molecule has 12 atom stereocenters. The van der Waals surface area contributed by atoms with Crippen molar-refractivity contribution in [2.75, 3.05) is 0 Å². The molecule has 4 aliphatic rings. The van der Waals surface area contributed by atoms with E-state index in [9.17, 15) is 0 Å². The first-order valence-electron chi connectivity index (χ1n) is 10.9. The smallest absolute Gasteiger partial charge is 0.00497 e. The van der Waals surface area contributed by atoms with Gasteiger partial charge in [0.05, 0.1) is 0 Å². The Morgan fingerprint density at radius 3 is 1.42 bits per heavy atom. The molecule has 0 saturated heterocycles. The highest BCUT2D eigenvalue weighted by atomic mass is 31.0. The third-order valence-corrected chi connectivity index (χ3v) is 12.0. The lowest BCUT2D eigenvalue weighted by Gasteiger charge is -2.45. The van der Waals surface area contributed by atoms with E-state index < -0.39 is 0 Å². The molecule has 142 valence electrons. The van der Waals surface area contributed by atoms with Crippen molar-refractivity contribution in [3.05, 3.63) is 35.4 Å². The maximum absolute atomic E-state index is 3.32. The number of hydrogen-bond acceptors (Lipinski definition) is 0. The summed E-state index contributed by atoms with van der Waals surface area (Å²) in [4.78, 5) is 0. The standard InChI is InChI=1S/C24H36P2/c1-13-11-23(15(3)9-17(13)21(23)25)19-7-5-6-8-20(19)24-12-14(2)18(22(24)26)10-16(24)4/h5-8,13-18,21-22H,9-12,25-26H2,1-4H3/t13-,14-,15-,16-,17+,18+,21?,22?,23-,24-/m0/s1. The summed E-state index contributed by atoms with van der Waals surface area (Å²) in [5.41, 5.74) is 5.81. The van der Waals surface area contributed by atoms with Crippen LogP contribution in [0.5, 0.6) is 0 Å². The van der Waals surface area contributed by atoms with Crippen molar-refractivity contribution >= 4 is 18.5 Å². The molecule has 4 fully saturated rings. The highest BCUT2D eigenvalue weighted by Crippen LogP contribution is 2.68. The molecule has 0 radical (unpaired) electrons. The Labute approximate surface area is 165 Å². The first-order chi connectivity index (χ1) is 12.3. The van der Waals surface area contributed by atoms with Gasteiger partial charge in [-0.1, -0.05) is 52.0 Å². The summed E-state index contributed by atoms with van der Waals surface area (Å²) in [6, 6.07) is 9.74. The molecule has 4 aliphatic carbocycles. The summed E-state index contributed by atoms with van der Waals surface area (Å²) in [6.45, 7) is 10.1. The quantitative estimate of drug-likeness (QED) is 0.544. The predicted molar refractivity (Wildman–Crippen MR) is 119 cm³/mol. The van der Waals surface area contributed by atoms with Crippen molar-refractivity contribution in [3.63, 3.8) is 0 Å². The van der Waals surface area contributed by atoms with E-state index in [1.165, 1.54) is 25.7 Å². The van der Waals surface area contributed by atoms with Crippen LogP contribution >= 0.6 is 18.5 Å². The molecule has 0 aliphatic heterocycles. The average molecular weight is 387 g/mol.